The van der Waals surface area contributed by atoms with Crippen LogP contribution in [0.5, 0.6) is 0 Å². The van der Waals surface area contributed by atoms with E-state index in [0.717, 1.165) is 25.7 Å². The highest BCUT2D eigenvalue weighted by atomic mass is 32.2. The molecule has 0 bridgehead atoms. The highest BCUT2D eigenvalue weighted by Gasteiger charge is 2.24. The van der Waals surface area contributed by atoms with Crippen LogP contribution in [0.1, 0.15) is 25.7 Å². The minimum atomic E-state index is -3.48. The van der Waals surface area contributed by atoms with Crippen LogP contribution in [0.2, 0.25) is 0 Å². The molecule has 0 unspecified atom stereocenters. The average molecular weight is 407 g/mol. The Labute approximate surface area is 163 Å². The summed E-state index contributed by atoms with van der Waals surface area (Å²) in [5.41, 5.74) is 0.560. The number of rotatable bonds is 6. The largest absolute Gasteiger partial charge is 0.325 e. The molecule has 1 N–H and O–H groups in total. The first kappa shape index (κ1) is 19.8. The van der Waals surface area contributed by atoms with Crippen molar-refractivity contribution < 1.29 is 13.2 Å². The monoisotopic (exact) mass is 406 g/mol. The van der Waals surface area contributed by atoms with Gasteiger partial charge in [-0.3, -0.25) is 4.79 Å². The van der Waals surface area contributed by atoms with Gasteiger partial charge in [-0.2, -0.15) is 4.31 Å². The van der Waals surface area contributed by atoms with Gasteiger partial charge in [-0.1, -0.05) is 24.6 Å². The van der Waals surface area contributed by atoms with E-state index >= 15 is 0 Å². The van der Waals surface area contributed by atoms with Crippen LogP contribution in [0.25, 0.3) is 0 Å². The minimum Gasteiger partial charge on any atom is -0.325 e. The third-order valence-corrected chi connectivity index (χ3v) is 7.00. The molecule has 1 aliphatic heterocycles. The van der Waals surface area contributed by atoms with Crippen molar-refractivity contribution in [3.05, 3.63) is 42.7 Å². The number of nitrogens with one attached hydrogen (secondary N) is 1. The lowest BCUT2D eigenvalue weighted by Crippen LogP contribution is -2.31. The Morgan fingerprint density at radius 2 is 1.67 bits per heavy atom. The van der Waals surface area contributed by atoms with Gasteiger partial charge in [0.1, 0.15) is 0 Å². The molecule has 3 rings (SSSR count). The molecule has 144 valence electrons. The second-order valence-corrected chi connectivity index (χ2v) is 9.09. The number of amides is 1. The van der Waals surface area contributed by atoms with E-state index in [1.54, 1.807) is 47.0 Å². The van der Waals surface area contributed by atoms with E-state index < -0.39 is 10.0 Å². The maximum absolute atomic E-state index is 12.8. The maximum atomic E-state index is 12.8. The van der Waals surface area contributed by atoms with E-state index in [4.69, 9.17) is 0 Å². The van der Waals surface area contributed by atoms with E-state index in [1.165, 1.54) is 11.8 Å². The molecule has 1 amide bonds. The molecule has 0 aliphatic carbocycles. The summed E-state index contributed by atoms with van der Waals surface area (Å²) < 4.78 is 27.1. The van der Waals surface area contributed by atoms with Gasteiger partial charge < -0.3 is 5.32 Å². The van der Waals surface area contributed by atoms with E-state index in [0.29, 0.717) is 23.9 Å². The van der Waals surface area contributed by atoms with E-state index in [1.807, 2.05) is 0 Å². The number of benzene rings is 1. The van der Waals surface area contributed by atoms with Crippen LogP contribution in [-0.4, -0.2) is 47.4 Å². The van der Waals surface area contributed by atoms with Gasteiger partial charge >= 0.3 is 0 Å². The first-order valence-corrected chi connectivity index (χ1v) is 11.3. The number of anilines is 1. The van der Waals surface area contributed by atoms with Crippen LogP contribution in [0.3, 0.4) is 0 Å². The van der Waals surface area contributed by atoms with Crippen LogP contribution in [-0.2, 0) is 14.8 Å². The molecule has 1 fully saturated rings. The fraction of sp³-hybridized carbons (Fsp3) is 0.389. The summed E-state index contributed by atoms with van der Waals surface area (Å²) in [4.78, 5) is 20.4. The standard InChI is InChI=1S/C18H22N4O3S2/c23-17(14-26-18-19-10-5-11-20-18)21-15-6-8-16(9-7-15)27(24,25)22-12-3-1-2-4-13-22/h5-11H,1-4,12-14H2,(H,21,23). The Hall–Kier alpha value is -1.97. The Kier molecular flexibility index (Phi) is 6.81. The van der Waals surface area contributed by atoms with Crippen LogP contribution < -0.4 is 5.32 Å². The van der Waals surface area contributed by atoms with Gasteiger partial charge in [0.2, 0.25) is 15.9 Å². The van der Waals surface area contributed by atoms with E-state index in [2.05, 4.69) is 15.3 Å². The molecule has 9 heteroatoms. The van der Waals surface area contributed by atoms with Crippen molar-refractivity contribution in [3.8, 4) is 0 Å². The number of carbonyl (C=O) groups is 1. The molecule has 0 spiro atoms. The van der Waals surface area contributed by atoms with Crippen molar-refractivity contribution in [2.75, 3.05) is 24.2 Å². The van der Waals surface area contributed by atoms with Crippen LogP contribution in [0.4, 0.5) is 5.69 Å². The normalized spacial score (nSPS) is 15.9. The molecule has 1 saturated heterocycles. The smallest absolute Gasteiger partial charge is 0.243 e. The van der Waals surface area contributed by atoms with Crippen LogP contribution in [0, 0.1) is 0 Å². The number of sulfonamides is 1. The summed E-state index contributed by atoms with van der Waals surface area (Å²) in [5.74, 6) is -0.0201. The zero-order valence-corrected chi connectivity index (χ0v) is 16.5. The van der Waals surface area contributed by atoms with Gasteiger partial charge in [0.25, 0.3) is 0 Å². The van der Waals surface area contributed by atoms with Crippen molar-refractivity contribution in [2.24, 2.45) is 0 Å². The predicted octanol–water partition coefficient (Wildman–Crippen LogP) is 2.77. The molecule has 1 aromatic carbocycles. The second kappa shape index (κ2) is 9.29. The third-order valence-electron chi connectivity index (χ3n) is 4.22. The fourth-order valence-corrected chi connectivity index (χ4v) is 4.95. The molecule has 0 saturated carbocycles. The third kappa shape index (κ3) is 5.50. The van der Waals surface area contributed by atoms with Gasteiger partial charge in [0.05, 0.1) is 10.6 Å². The molecule has 0 radical (unpaired) electrons. The molecule has 2 heterocycles. The molecule has 2 aromatic rings. The van der Waals surface area contributed by atoms with Crippen LogP contribution in [0.15, 0.2) is 52.8 Å². The Morgan fingerprint density at radius 1 is 1.04 bits per heavy atom. The van der Waals surface area contributed by atoms with Crippen molar-refractivity contribution in [1.29, 1.82) is 0 Å². The Balaban J connectivity index is 1.58. The van der Waals surface area contributed by atoms with Gasteiger partial charge in [0, 0.05) is 31.2 Å². The summed E-state index contributed by atoms with van der Waals surface area (Å²) in [6, 6.07) is 8.04. The zero-order valence-electron chi connectivity index (χ0n) is 14.9. The Morgan fingerprint density at radius 3 is 2.30 bits per heavy atom. The Bertz CT molecular complexity index is 850. The molecule has 27 heavy (non-hydrogen) atoms. The zero-order chi connectivity index (χ0) is 19.1. The molecule has 1 aromatic heterocycles. The van der Waals surface area contributed by atoms with Crippen molar-refractivity contribution in [2.45, 2.75) is 35.7 Å². The van der Waals surface area contributed by atoms with Gasteiger partial charge in [0.15, 0.2) is 5.16 Å². The number of thioether (sulfide) groups is 1. The second-order valence-electron chi connectivity index (χ2n) is 6.21. The van der Waals surface area contributed by atoms with Crippen molar-refractivity contribution in [3.63, 3.8) is 0 Å². The predicted molar refractivity (Wildman–Crippen MR) is 105 cm³/mol. The number of hydrogen-bond acceptors (Lipinski definition) is 6. The van der Waals surface area contributed by atoms with E-state index in [-0.39, 0.29) is 16.6 Å². The lowest BCUT2D eigenvalue weighted by molar-refractivity contribution is -0.113. The summed E-state index contributed by atoms with van der Waals surface area (Å²) in [5, 5.41) is 3.29. The fourth-order valence-electron chi connectivity index (χ4n) is 2.83. The maximum Gasteiger partial charge on any atom is 0.243 e. The topological polar surface area (TPSA) is 92.3 Å². The van der Waals surface area contributed by atoms with Gasteiger partial charge in [-0.15, -0.1) is 0 Å². The number of aromatic nitrogens is 2. The highest BCUT2D eigenvalue weighted by Crippen LogP contribution is 2.22. The lowest BCUT2D eigenvalue weighted by atomic mass is 10.2. The first-order chi connectivity index (χ1) is 13.1. The molecule has 7 nitrogen and oxygen atoms in total. The molecule has 1 aliphatic rings. The summed E-state index contributed by atoms with van der Waals surface area (Å²) in [6.45, 7) is 1.14. The van der Waals surface area contributed by atoms with Gasteiger partial charge in [-0.25, -0.2) is 18.4 Å². The van der Waals surface area contributed by atoms with Crippen molar-refractivity contribution in [1.82, 2.24) is 14.3 Å². The quantitative estimate of drug-likeness (QED) is 0.586. The molecular weight excluding hydrogens is 384 g/mol. The SMILES string of the molecule is O=C(CSc1ncccn1)Nc1ccc(S(=O)(=O)N2CCCCCC2)cc1. The average Bonchev–Trinajstić information content (AvgIpc) is 2.98. The summed E-state index contributed by atoms with van der Waals surface area (Å²) in [6.07, 6.45) is 7.19. The first-order valence-electron chi connectivity index (χ1n) is 8.85. The van der Waals surface area contributed by atoms with Gasteiger partial charge in [-0.05, 0) is 43.2 Å². The summed E-state index contributed by atoms with van der Waals surface area (Å²) in [7, 11) is -3.48. The molecular formula is C18H22N4O3S2. The molecule has 0 atom stereocenters. The number of nitrogens with zero attached hydrogens (tertiary/aromatic N) is 3. The highest BCUT2D eigenvalue weighted by molar-refractivity contribution is 7.99. The summed E-state index contributed by atoms with van der Waals surface area (Å²) >= 11 is 1.24. The minimum absolute atomic E-state index is 0.178. The van der Waals surface area contributed by atoms with Crippen molar-refractivity contribution >= 4 is 33.4 Å². The number of carbonyl (C=O) groups excluding carboxylic acids is 1. The van der Waals surface area contributed by atoms with E-state index in [9.17, 15) is 13.2 Å². The lowest BCUT2D eigenvalue weighted by Gasteiger charge is -2.20. The number of hydrogen-bond donors (Lipinski definition) is 1. The van der Waals surface area contributed by atoms with Crippen LogP contribution >= 0.6 is 11.8 Å².